The SMILES string of the molecule is C#CC#CC.C=CCO.C=CCOc1cccc(CCN(C(=O)OCC)c2nc(OCC=C)nc(N)c2[N+](=O)[O-])c1.C=CCOc1cccc(CCN(C(=O)OCC)c2nc(S(C)=O)nc(N)c2[N+](=O)[O-])c1.CCN(CC)CC.[2HH].[2H][2H].[2H][2H]. The maximum absolute atomic E-state index is 12.7. The van der Waals surface area contributed by atoms with Gasteiger partial charge in [-0.3, -0.25) is 34.2 Å². The van der Waals surface area contributed by atoms with Gasteiger partial charge in [-0.1, -0.05) is 95.0 Å². The van der Waals surface area contributed by atoms with E-state index in [0.29, 0.717) is 37.6 Å². The van der Waals surface area contributed by atoms with Gasteiger partial charge in [-0.25, -0.2) is 9.59 Å². The number of aromatic nitrogens is 4. The number of nitrogens with zero attached hydrogens (tertiary/aromatic N) is 9. The van der Waals surface area contributed by atoms with Crippen LogP contribution in [-0.4, -0.2) is 135 Å². The lowest BCUT2D eigenvalue weighted by molar-refractivity contribution is -0.383. The molecule has 2 heterocycles. The molecule has 24 nitrogen and oxygen atoms in total. The van der Waals surface area contributed by atoms with E-state index in [4.69, 9.17) is 52.6 Å². The molecule has 0 spiro atoms. The number of terminal acetylenes is 1. The van der Waals surface area contributed by atoms with E-state index in [1.54, 1.807) is 69.3 Å². The molecule has 0 fully saturated rings. The number of hydrogen-bond acceptors (Lipinski definition) is 20. The van der Waals surface area contributed by atoms with Crippen molar-refractivity contribution in [2.75, 3.05) is 99.9 Å². The van der Waals surface area contributed by atoms with E-state index in [1.165, 1.54) is 38.0 Å². The van der Waals surface area contributed by atoms with E-state index in [1.807, 2.05) is 12.1 Å². The van der Waals surface area contributed by atoms with Crippen molar-refractivity contribution < 1.29 is 59.8 Å². The van der Waals surface area contributed by atoms with Crippen LogP contribution in [0.5, 0.6) is 17.5 Å². The Morgan fingerprint density at radius 3 is 1.49 bits per heavy atom. The van der Waals surface area contributed by atoms with Crippen LogP contribution in [-0.2, 0) is 33.1 Å². The Labute approximate surface area is 472 Å². The van der Waals surface area contributed by atoms with Gasteiger partial charge in [0.25, 0.3) is 0 Å². The van der Waals surface area contributed by atoms with Gasteiger partial charge in [-0.05, 0) is 100 Å². The van der Waals surface area contributed by atoms with E-state index in [2.05, 4.69) is 89.7 Å². The highest BCUT2D eigenvalue weighted by Gasteiger charge is 2.33. The first-order valence-electron chi connectivity index (χ1n) is 26.4. The summed E-state index contributed by atoms with van der Waals surface area (Å²) in [5.41, 5.74) is 11.8. The van der Waals surface area contributed by atoms with Crippen LogP contribution < -0.4 is 35.5 Å². The summed E-state index contributed by atoms with van der Waals surface area (Å²) >= 11 is 0. The number of amides is 2. The number of nitro groups is 2. The number of hydrogen-bond donors (Lipinski definition) is 3. The maximum atomic E-state index is 12.7. The lowest BCUT2D eigenvalue weighted by Crippen LogP contribution is -2.35. The minimum Gasteiger partial charge on any atom is -0.490 e. The van der Waals surface area contributed by atoms with Gasteiger partial charge in [0.1, 0.15) is 31.3 Å². The van der Waals surface area contributed by atoms with Crippen molar-refractivity contribution in [1.29, 1.82) is 0 Å². The lowest BCUT2D eigenvalue weighted by atomic mass is 10.1. The van der Waals surface area contributed by atoms with Crippen LogP contribution in [0.2, 0.25) is 0 Å². The summed E-state index contributed by atoms with van der Waals surface area (Å²) in [6, 6.07) is 14.2. The molecule has 4 rings (SSSR count). The molecule has 4 aromatic rings. The van der Waals surface area contributed by atoms with Crippen molar-refractivity contribution in [2.45, 2.75) is 59.5 Å². The van der Waals surface area contributed by atoms with Gasteiger partial charge in [0.2, 0.25) is 28.4 Å². The Bertz CT molecular complexity index is 2750. The molecular weight excluding hydrogens is 1040 g/mol. The standard InChI is InChI=1S/C21H25N5O6.C19H23N5O6S.C6H15N.C5H4.C3H6O.3H2/c1-4-12-31-16-9-7-8-15(14-16)10-11-25(21(27)30-6-3)19-17(26(28)29)18(22)23-20(24-19)32-13-5-2;1-4-11-30-14-8-6-7-13(12-14)9-10-23(19(25)29-5-2)17-15(24(26)27)16(20)21-18(22-17)31(3)28;1-4-7(5-2)6-3;1-3-5-4-2;1-2-3-4;;;/h4-5,7-9,14H,1-2,6,10-13H2,3H3,(H2,22,23,24);4,6-8,12H,1,5,9-11H2,2-3H3,(H2,20,21,22);4-6H2,1-3H3;1H,2H3;2,4H,1,3H2;3*1H/i;;;;;2*1+1D;1+1. The number of aliphatic hydroxyl groups excluding tert-OH is 1. The maximum Gasteiger partial charge on any atom is 0.415 e. The zero-order chi connectivity index (χ0) is 63.7. The van der Waals surface area contributed by atoms with E-state index in [9.17, 15) is 34.0 Å². The monoisotopic (exact) mass is 1130 g/mol. The van der Waals surface area contributed by atoms with Crippen LogP contribution in [0.25, 0.3) is 0 Å². The molecule has 0 aliphatic carbocycles. The third-order valence-electron chi connectivity index (χ3n) is 9.63. The average molecular weight is 1130 g/mol. The van der Waals surface area contributed by atoms with Crippen molar-refractivity contribution in [2.24, 2.45) is 0 Å². The summed E-state index contributed by atoms with van der Waals surface area (Å²) in [5, 5.41) is 30.8. The molecule has 0 saturated carbocycles. The summed E-state index contributed by atoms with van der Waals surface area (Å²) in [6.45, 7) is 29.9. The largest absolute Gasteiger partial charge is 0.490 e. The highest BCUT2D eigenvalue weighted by molar-refractivity contribution is 7.84. The van der Waals surface area contributed by atoms with Crippen LogP contribution in [0.1, 0.15) is 60.0 Å². The van der Waals surface area contributed by atoms with Crippen molar-refractivity contribution in [3.63, 3.8) is 0 Å². The van der Waals surface area contributed by atoms with Crippen molar-refractivity contribution in [3.8, 4) is 41.7 Å². The molecule has 79 heavy (non-hydrogen) atoms. The molecule has 5 N–H and O–H groups in total. The zero-order valence-electron chi connectivity index (χ0n) is 50.0. The molecule has 0 bridgehead atoms. The first kappa shape index (κ1) is 66.2. The normalized spacial score (nSPS) is 10.2. The quantitative estimate of drug-likeness (QED) is 0.0174. The summed E-state index contributed by atoms with van der Waals surface area (Å²) in [6.07, 6.45) is 11.1. The molecule has 0 aliphatic rings. The van der Waals surface area contributed by atoms with E-state index in [-0.39, 0.29) is 63.7 Å². The van der Waals surface area contributed by atoms with Gasteiger partial charge in [0.15, 0.2) is 0 Å². The molecule has 0 radical (unpaired) electrons. The molecule has 1 unspecified atom stereocenters. The molecule has 25 heteroatoms. The second-order valence-electron chi connectivity index (χ2n) is 15.0. The van der Waals surface area contributed by atoms with Gasteiger partial charge < -0.3 is 45.2 Å². The number of benzene rings is 2. The van der Waals surface area contributed by atoms with Gasteiger partial charge in [-0.15, -0.1) is 13.0 Å². The van der Waals surface area contributed by atoms with E-state index >= 15 is 0 Å². The number of carbonyl (C=O) groups excluding carboxylic acids is 2. The fraction of sp³-hybridized carbons (Fsp3) is 0.370. The number of aliphatic hydroxyl groups is 1. The predicted octanol–water partition coefficient (Wildman–Crippen LogP) is 8.67. The average Bonchev–Trinajstić information content (AvgIpc) is 2.19. The molecule has 2 aromatic carbocycles. The second kappa shape index (κ2) is 41.3. The Balaban J connectivity index is -0.000000572. The smallest absolute Gasteiger partial charge is 0.415 e. The van der Waals surface area contributed by atoms with E-state index < -0.39 is 55.8 Å². The predicted molar refractivity (Wildman–Crippen MR) is 314 cm³/mol. The molecule has 434 valence electrons. The van der Waals surface area contributed by atoms with E-state index in [0.717, 1.165) is 20.9 Å². The van der Waals surface area contributed by atoms with Crippen molar-refractivity contribution in [3.05, 3.63) is 131 Å². The van der Waals surface area contributed by atoms with Crippen LogP contribution in [0, 0.1) is 44.4 Å². The van der Waals surface area contributed by atoms with Crippen LogP contribution in [0.15, 0.2) is 104 Å². The number of nitrogens with two attached hydrogens (primary N) is 2. The highest BCUT2D eigenvalue weighted by Crippen LogP contribution is 2.34. The summed E-state index contributed by atoms with van der Waals surface area (Å²) in [7, 11) is -1.68. The third kappa shape index (κ3) is 26.6. The fourth-order valence-electron chi connectivity index (χ4n) is 6.02. The van der Waals surface area contributed by atoms with Gasteiger partial charge in [0, 0.05) is 26.7 Å². The molecule has 2 amide bonds. The minimum atomic E-state index is -1.68. The molecule has 1 atom stereocenters. The number of rotatable bonds is 26. The highest BCUT2D eigenvalue weighted by atomic mass is 32.2. The van der Waals surface area contributed by atoms with Gasteiger partial charge in [-0.2, -0.15) is 19.9 Å². The molecule has 0 saturated heterocycles. The minimum absolute atomic E-state index is 0. The van der Waals surface area contributed by atoms with Crippen molar-refractivity contribution in [1.82, 2.24) is 24.8 Å². The van der Waals surface area contributed by atoms with Crippen molar-refractivity contribution >= 4 is 57.6 Å². The Kier molecular flexibility index (Phi) is 34.6. The van der Waals surface area contributed by atoms with Gasteiger partial charge in [0.05, 0.1) is 40.5 Å². The molecular formula is C54H79N11O13S. The first-order chi connectivity index (χ1) is 39.9. The van der Waals surface area contributed by atoms with Gasteiger partial charge >= 0.3 is 29.6 Å². The number of carbonyl (C=O) groups is 2. The summed E-state index contributed by atoms with van der Waals surface area (Å²) < 4.78 is 58.3. The topological polar surface area (TPSA) is 317 Å². The molecule has 2 aromatic heterocycles. The Hall–Kier alpha value is -8.91. The lowest BCUT2D eigenvalue weighted by Gasteiger charge is -2.21. The Morgan fingerprint density at radius 2 is 1.16 bits per heavy atom. The summed E-state index contributed by atoms with van der Waals surface area (Å²) in [5.74, 6) is 6.69. The number of anilines is 4. The fourth-order valence-corrected chi connectivity index (χ4v) is 6.46. The zero-order valence-corrected chi connectivity index (χ0v) is 46.8. The third-order valence-corrected chi connectivity index (χ3v) is 10.3. The Morgan fingerprint density at radius 1 is 0.747 bits per heavy atom. The first-order valence-corrected chi connectivity index (χ1v) is 26.0. The molecule has 0 aliphatic heterocycles. The second-order valence-corrected chi connectivity index (χ2v) is 16.3. The number of nitrogen functional groups attached to an aromatic ring is 2. The van der Waals surface area contributed by atoms with Crippen LogP contribution >= 0.6 is 0 Å². The summed E-state index contributed by atoms with van der Waals surface area (Å²) in [4.78, 5) is 66.9. The number of ether oxygens (including phenoxy) is 5. The van der Waals surface area contributed by atoms with Crippen LogP contribution in [0.3, 0.4) is 0 Å². The van der Waals surface area contributed by atoms with Crippen LogP contribution in [0.4, 0.5) is 44.2 Å².